The van der Waals surface area contributed by atoms with Gasteiger partial charge in [0, 0.05) is 5.69 Å². The lowest BCUT2D eigenvalue weighted by Gasteiger charge is -2.16. The molecule has 0 heterocycles. The van der Waals surface area contributed by atoms with Crippen molar-refractivity contribution < 1.29 is 45.3 Å². The van der Waals surface area contributed by atoms with Crippen LogP contribution in [-0.4, -0.2) is 24.7 Å². The predicted octanol–water partition coefficient (Wildman–Crippen LogP) is 4.89. The number of halogens is 6. The van der Waals surface area contributed by atoms with Crippen LogP contribution in [-0.2, 0) is 4.79 Å². The molecule has 11 heteroatoms. The van der Waals surface area contributed by atoms with Crippen molar-refractivity contribution in [2.75, 3.05) is 5.32 Å². The topological polar surface area (TPSA) is 56.8 Å². The molecule has 2 rings (SSSR count). The first-order valence-electron chi connectivity index (χ1n) is 7.60. The molecule has 1 amide bonds. The molecule has 0 bridgehead atoms. The molecule has 5 nitrogen and oxygen atoms in total. The normalized spacial score (nSPS) is 12.8. The second-order valence-corrected chi connectivity index (χ2v) is 5.34. The number of carbonyl (C=O) groups excluding carboxylic acids is 1. The second kappa shape index (κ2) is 8.28. The molecule has 0 fully saturated rings. The van der Waals surface area contributed by atoms with Crippen molar-refractivity contribution in [1.82, 2.24) is 0 Å². The summed E-state index contributed by atoms with van der Waals surface area (Å²) >= 11 is 0. The molecule has 0 spiro atoms. The predicted molar refractivity (Wildman–Crippen MR) is 85.0 cm³/mol. The molecule has 0 saturated heterocycles. The van der Waals surface area contributed by atoms with E-state index in [-0.39, 0.29) is 11.4 Å². The Morgan fingerprint density at radius 3 is 1.61 bits per heavy atom. The molecular weight excluding hydrogens is 396 g/mol. The van der Waals surface area contributed by atoms with E-state index in [1.807, 2.05) is 0 Å². The summed E-state index contributed by atoms with van der Waals surface area (Å²) < 4.78 is 85.3. The molecule has 0 radical (unpaired) electrons. The van der Waals surface area contributed by atoms with Gasteiger partial charge in [-0.2, -0.15) is 0 Å². The zero-order valence-corrected chi connectivity index (χ0v) is 14.1. The number of anilines is 1. The average Bonchev–Trinajstić information content (AvgIpc) is 2.55. The maximum atomic E-state index is 12.1. The lowest BCUT2D eigenvalue weighted by molar-refractivity contribution is -0.275. The van der Waals surface area contributed by atoms with Crippen molar-refractivity contribution in [2.45, 2.75) is 25.8 Å². The van der Waals surface area contributed by atoms with Crippen LogP contribution in [0.1, 0.15) is 6.92 Å². The Morgan fingerprint density at radius 1 is 0.786 bits per heavy atom. The van der Waals surface area contributed by atoms with Crippen molar-refractivity contribution >= 4 is 11.6 Å². The van der Waals surface area contributed by atoms with Gasteiger partial charge in [-0.15, -0.1) is 26.3 Å². The largest absolute Gasteiger partial charge is 0.573 e. The highest BCUT2D eigenvalue weighted by Crippen LogP contribution is 2.26. The summed E-state index contributed by atoms with van der Waals surface area (Å²) in [5.74, 6) is -1.40. The van der Waals surface area contributed by atoms with Gasteiger partial charge in [-0.05, 0) is 55.5 Å². The molecule has 2 aromatic rings. The van der Waals surface area contributed by atoms with Crippen molar-refractivity contribution in [3.05, 3.63) is 48.5 Å². The molecule has 0 aliphatic heterocycles. The van der Waals surface area contributed by atoms with Gasteiger partial charge in [0.05, 0.1) is 0 Å². The molecule has 2 aromatic carbocycles. The maximum Gasteiger partial charge on any atom is 0.573 e. The lowest BCUT2D eigenvalue weighted by Crippen LogP contribution is -2.30. The van der Waals surface area contributed by atoms with Crippen molar-refractivity contribution in [1.29, 1.82) is 0 Å². The fraction of sp³-hybridized carbons (Fsp3) is 0.235. The van der Waals surface area contributed by atoms with E-state index in [1.165, 1.54) is 31.2 Å². The third-order valence-electron chi connectivity index (χ3n) is 3.09. The number of hydrogen-bond acceptors (Lipinski definition) is 4. The number of rotatable bonds is 6. The van der Waals surface area contributed by atoms with E-state index in [1.54, 1.807) is 0 Å². The SMILES string of the molecule is CC(Oc1ccc(OC(F)(F)F)cc1)C(=O)Nc1ccc(OC(F)(F)F)cc1. The van der Waals surface area contributed by atoms with E-state index in [0.717, 1.165) is 24.3 Å². The van der Waals surface area contributed by atoms with Crippen LogP contribution in [0.25, 0.3) is 0 Å². The second-order valence-electron chi connectivity index (χ2n) is 5.34. The Hall–Kier alpha value is -3.11. The first kappa shape index (κ1) is 21.2. The van der Waals surface area contributed by atoms with E-state index in [4.69, 9.17) is 4.74 Å². The number of nitrogens with one attached hydrogen (secondary N) is 1. The summed E-state index contributed by atoms with van der Waals surface area (Å²) in [6.07, 6.45) is -10.7. The highest BCUT2D eigenvalue weighted by atomic mass is 19.4. The van der Waals surface area contributed by atoms with Crippen molar-refractivity contribution in [3.8, 4) is 17.2 Å². The summed E-state index contributed by atoms with van der Waals surface area (Å²) in [6, 6.07) is 8.87. The Kier molecular flexibility index (Phi) is 6.26. The van der Waals surface area contributed by atoms with E-state index >= 15 is 0 Å². The van der Waals surface area contributed by atoms with E-state index in [2.05, 4.69) is 14.8 Å². The first-order chi connectivity index (χ1) is 12.9. The van der Waals surface area contributed by atoms with Crippen molar-refractivity contribution in [3.63, 3.8) is 0 Å². The lowest BCUT2D eigenvalue weighted by atomic mass is 10.2. The van der Waals surface area contributed by atoms with Crippen LogP contribution in [0.15, 0.2) is 48.5 Å². The smallest absolute Gasteiger partial charge is 0.481 e. The fourth-order valence-electron chi connectivity index (χ4n) is 1.96. The van der Waals surface area contributed by atoms with Crippen LogP contribution in [0, 0.1) is 0 Å². The molecular formula is C17H13F6NO4. The number of ether oxygens (including phenoxy) is 3. The molecule has 0 aliphatic rings. The third-order valence-corrected chi connectivity index (χ3v) is 3.09. The Balaban J connectivity index is 1.90. The number of carbonyl (C=O) groups is 1. The first-order valence-corrected chi connectivity index (χ1v) is 7.60. The molecule has 28 heavy (non-hydrogen) atoms. The van der Waals surface area contributed by atoms with Crippen LogP contribution < -0.4 is 19.5 Å². The standard InChI is InChI=1S/C17H13F6NO4/c1-10(26-12-6-8-14(9-7-12)28-17(21,22)23)15(25)24-11-2-4-13(5-3-11)27-16(18,19)20/h2-10H,1H3,(H,24,25). The highest BCUT2D eigenvalue weighted by Gasteiger charge is 2.31. The molecule has 152 valence electrons. The van der Waals surface area contributed by atoms with Crippen LogP contribution in [0.3, 0.4) is 0 Å². The Labute approximate surface area is 154 Å². The summed E-state index contributed by atoms with van der Waals surface area (Å²) in [6.45, 7) is 1.39. The average molecular weight is 409 g/mol. The van der Waals surface area contributed by atoms with Gasteiger partial charge < -0.3 is 19.5 Å². The Morgan fingerprint density at radius 2 is 1.18 bits per heavy atom. The highest BCUT2D eigenvalue weighted by molar-refractivity contribution is 5.94. The molecule has 1 N–H and O–H groups in total. The quantitative estimate of drug-likeness (QED) is 0.691. The van der Waals surface area contributed by atoms with Crippen LogP contribution in [0.4, 0.5) is 32.0 Å². The van der Waals surface area contributed by atoms with Crippen LogP contribution in [0.2, 0.25) is 0 Å². The minimum atomic E-state index is -4.83. The zero-order valence-electron chi connectivity index (χ0n) is 14.1. The minimum Gasteiger partial charge on any atom is -0.481 e. The summed E-state index contributed by atoms with van der Waals surface area (Å²) in [7, 11) is 0. The summed E-state index contributed by atoms with van der Waals surface area (Å²) in [4.78, 5) is 12.1. The van der Waals surface area contributed by atoms with E-state index < -0.39 is 36.2 Å². The van der Waals surface area contributed by atoms with Gasteiger partial charge in [-0.3, -0.25) is 4.79 Å². The van der Waals surface area contributed by atoms with Crippen LogP contribution in [0.5, 0.6) is 17.2 Å². The van der Waals surface area contributed by atoms with Gasteiger partial charge in [0.25, 0.3) is 5.91 Å². The number of alkyl halides is 6. The molecule has 0 aliphatic carbocycles. The number of amides is 1. The summed E-state index contributed by atoms with van der Waals surface area (Å²) in [5.41, 5.74) is 0.198. The fourth-order valence-corrected chi connectivity index (χ4v) is 1.96. The number of hydrogen-bond donors (Lipinski definition) is 1. The monoisotopic (exact) mass is 409 g/mol. The zero-order chi connectivity index (χ0) is 20.9. The number of benzene rings is 2. The van der Waals surface area contributed by atoms with Gasteiger partial charge in [-0.25, -0.2) is 0 Å². The van der Waals surface area contributed by atoms with E-state index in [9.17, 15) is 31.1 Å². The van der Waals surface area contributed by atoms with Gasteiger partial charge in [0.2, 0.25) is 0 Å². The van der Waals surface area contributed by atoms with Gasteiger partial charge in [0.15, 0.2) is 6.10 Å². The molecule has 0 aromatic heterocycles. The summed E-state index contributed by atoms with van der Waals surface area (Å²) in [5, 5.41) is 2.42. The minimum absolute atomic E-state index is 0.117. The molecule has 1 atom stereocenters. The van der Waals surface area contributed by atoms with Crippen molar-refractivity contribution in [2.24, 2.45) is 0 Å². The van der Waals surface area contributed by atoms with Gasteiger partial charge in [-0.1, -0.05) is 0 Å². The van der Waals surface area contributed by atoms with Crippen LogP contribution >= 0.6 is 0 Å². The molecule has 0 saturated carbocycles. The maximum absolute atomic E-state index is 12.1. The molecule has 1 unspecified atom stereocenters. The van der Waals surface area contributed by atoms with Gasteiger partial charge in [0.1, 0.15) is 17.2 Å². The van der Waals surface area contributed by atoms with Gasteiger partial charge >= 0.3 is 12.7 Å². The van der Waals surface area contributed by atoms with E-state index in [0.29, 0.717) is 0 Å². The third kappa shape index (κ3) is 7.25. The Bertz CT molecular complexity index is 787.